The molecule has 91 valence electrons. The van der Waals surface area contributed by atoms with Crippen molar-refractivity contribution in [3.8, 4) is 16.9 Å². The van der Waals surface area contributed by atoms with Crippen LogP contribution >= 0.6 is 23.2 Å². The molecule has 1 aliphatic rings. The summed E-state index contributed by atoms with van der Waals surface area (Å²) in [6.07, 6.45) is 0.585. The Hall–Kier alpha value is -1.25. The summed E-state index contributed by atoms with van der Waals surface area (Å²) in [5.41, 5.74) is 2.00. The van der Waals surface area contributed by atoms with E-state index in [2.05, 4.69) is 0 Å². The molecule has 0 bridgehead atoms. The van der Waals surface area contributed by atoms with Crippen molar-refractivity contribution in [1.82, 2.24) is 0 Å². The van der Waals surface area contributed by atoms with Crippen molar-refractivity contribution >= 4 is 23.2 Å². The van der Waals surface area contributed by atoms with E-state index < -0.39 is 0 Å². The normalized spacial score (nSPS) is 13.3. The largest absolute Gasteiger partial charge is 0.485 e. The quantitative estimate of drug-likeness (QED) is 0.723. The van der Waals surface area contributed by atoms with Gasteiger partial charge in [0.1, 0.15) is 18.2 Å². The predicted octanol–water partition coefficient (Wildman–Crippen LogP) is 4.90. The number of hydrogen-bond acceptors (Lipinski definition) is 1. The highest BCUT2D eigenvalue weighted by atomic mass is 35.5. The van der Waals surface area contributed by atoms with Crippen LogP contribution in [-0.4, -0.2) is 0 Å². The van der Waals surface area contributed by atoms with Gasteiger partial charge in [-0.15, -0.1) is 0 Å². The van der Waals surface area contributed by atoms with E-state index in [1.54, 1.807) is 24.8 Å². The molecule has 0 saturated heterocycles. The fourth-order valence-corrected chi connectivity index (χ4v) is 2.70. The fraction of sp³-hybridized carbons (Fsp3) is 0.0714. The second-order valence-corrected chi connectivity index (χ2v) is 4.84. The zero-order valence-corrected chi connectivity index (χ0v) is 10.7. The third-order valence-electron chi connectivity index (χ3n) is 2.87. The second-order valence-electron chi connectivity index (χ2n) is 4.03. The lowest BCUT2D eigenvalue weighted by Gasteiger charge is -2.11. The van der Waals surface area contributed by atoms with Crippen LogP contribution in [0.3, 0.4) is 0 Å². The average molecular weight is 282 g/mol. The highest BCUT2D eigenvalue weighted by Crippen LogP contribution is 2.44. The second kappa shape index (κ2) is 4.45. The molecule has 0 unspecified atom stereocenters. The van der Waals surface area contributed by atoms with Gasteiger partial charge in [-0.05, 0) is 24.3 Å². The van der Waals surface area contributed by atoms with Crippen LogP contribution in [0, 0.1) is 12.4 Å². The van der Waals surface area contributed by atoms with Crippen molar-refractivity contribution in [2.45, 2.75) is 6.42 Å². The molecule has 18 heavy (non-hydrogen) atoms. The molecule has 2 aromatic rings. The number of halogens is 3. The number of benzene rings is 2. The summed E-state index contributed by atoms with van der Waals surface area (Å²) in [6.45, 7) is 1.64. The van der Waals surface area contributed by atoms with Gasteiger partial charge in [-0.25, -0.2) is 4.39 Å². The van der Waals surface area contributed by atoms with Gasteiger partial charge >= 0.3 is 0 Å². The fourth-order valence-electron chi connectivity index (χ4n) is 2.10. The number of ether oxygens (including phenoxy) is 1. The molecule has 4 heteroatoms. The molecule has 0 N–H and O–H groups in total. The summed E-state index contributed by atoms with van der Waals surface area (Å²) in [6, 6.07) is 8.05. The van der Waals surface area contributed by atoms with Crippen LogP contribution in [0.4, 0.5) is 4.39 Å². The summed E-state index contributed by atoms with van der Waals surface area (Å²) in [7, 11) is 0. The minimum Gasteiger partial charge on any atom is -0.485 e. The van der Waals surface area contributed by atoms with Gasteiger partial charge in [0.05, 0.1) is 10.0 Å². The maximum absolute atomic E-state index is 13.6. The van der Waals surface area contributed by atoms with Gasteiger partial charge in [-0.1, -0.05) is 29.3 Å². The lowest BCUT2D eigenvalue weighted by Crippen LogP contribution is -1.89. The van der Waals surface area contributed by atoms with Crippen molar-refractivity contribution in [2.75, 3.05) is 0 Å². The first-order chi connectivity index (χ1) is 8.66. The zero-order valence-electron chi connectivity index (χ0n) is 9.21. The van der Waals surface area contributed by atoms with Gasteiger partial charge in [0.15, 0.2) is 0 Å². The van der Waals surface area contributed by atoms with Gasteiger partial charge in [-0.3, -0.25) is 0 Å². The molecule has 1 aliphatic heterocycles. The molecule has 3 rings (SSSR count). The average Bonchev–Trinajstić information content (AvgIpc) is 2.76. The van der Waals surface area contributed by atoms with Crippen LogP contribution in [0.25, 0.3) is 11.1 Å². The Kier molecular flexibility index (Phi) is 2.92. The Labute approximate surface area is 114 Å². The summed E-state index contributed by atoms with van der Waals surface area (Å²) >= 11 is 12.3. The van der Waals surface area contributed by atoms with Crippen molar-refractivity contribution in [3.63, 3.8) is 0 Å². The lowest BCUT2D eigenvalue weighted by molar-refractivity contribution is 0.436. The van der Waals surface area contributed by atoms with E-state index in [0.29, 0.717) is 33.3 Å². The van der Waals surface area contributed by atoms with Crippen LogP contribution in [0.15, 0.2) is 30.3 Å². The van der Waals surface area contributed by atoms with E-state index in [4.69, 9.17) is 27.9 Å². The number of fused-ring (bicyclic) bond motifs is 1. The van der Waals surface area contributed by atoms with E-state index in [9.17, 15) is 4.39 Å². The Balaban J connectivity index is 2.30. The Morgan fingerprint density at radius 3 is 2.56 bits per heavy atom. The monoisotopic (exact) mass is 281 g/mol. The van der Waals surface area contributed by atoms with Crippen LogP contribution in [0.2, 0.25) is 10.0 Å². The maximum Gasteiger partial charge on any atom is 0.140 e. The smallest absolute Gasteiger partial charge is 0.140 e. The van der Waals surface area contributed by atoms with Gasteiger partial charge in [0.2, 0.25) is 0 Å². The van der Waals surface area contributed by atoms with Crippen LogP contribution in [-0.2, 0) is 6.42 Å². The van der Waals surface area contributed by atoms with Gasteiger partial charge in [0.25, 0.3) is 0 Å². The molecule has 0 atom stereocenters. The third-order valence-corrected chi connectivity index (χ3v) is 3.50. The summed E-state index contributed by atoms with van der Waals surface area (Å²) in [5.74, 6) is 0.310. The van der Waals surface area contributed by atoms with Crippen LogP contribution in [0.1, 0.15) is 5.56 Å². The molecule has 0 fully saturated rings. The van der Waals surface area contributed by atoms with E-state index in [1.165, 1.54) is 12.1 Å². The minimum atomic E-state index is -0.321. The standard InChI is InChI=1S/C14H8Cl2FO/c15-11-2-1-3-12(16)13(11)10-7-9(17)6-8-4-5-18-14(8)10/h1-3,5-7H,4H2. The highest BCUT2D eigenvalue weighted by molar-refractivity contribution is 6.39. The summed E-state index contributed by atoms with van der Waals surface area (Å²) in [4.78, 5) is 0. The molecule has 0 aliphatic carbocycles. The van der Waals surface area contributed by atoms with Crippen LogP contribution < -0.4 is 4.74 Å². The minimum absolute atomic E-state index is 0.321. The lowest BCUT2D eigenvalue weighted by atomic mass is 10.0. The van der Waals surface area contributed by atoms with Crippen molar-refractivity contribution in [2.24, 2.45) is 0 Å². The van der Waals surface area contributed by atoms with Crippen molar-refractivity contribution in [1.29, 1.82) is 0 Å². The third kappa shape index (κ3) is 1.86. The predicted molar refractivity (Wildman–Crippen MR) is 70.5 cm³/mol. The van der Waals surface area contributed by atoms with Crippen LogP contribution in [0.5, 0.6) is 5.75 Å². The molecule has 1 heterocycles. The van der Waals surface area contributed by atoms with E-state index >= 15 is 0 Å². The van der Waals surface area contributed by atoms with E-state index in [-0.39, 0.29) is 5.82 Å². The first kappa shape index (κ1) is 11.8. The molecule has 2 aromatic carbocycles. The first-order valence-electron chi connectivity index (χ1n) is 5.42. The Bertz CT molecular complexity index is 605. The summed E-state index contributed by atoms with van der Waals surface area (Å²) < 4.78 is 19.1. The van der Waals surface area contributed by atoms with Gasteiger partial charge in [0, 0.05) is 23.1 Å². The molecular formula is C14H8Cl2FO. The molecule has 0 saturated carbocycles. The van der Waals surface area contributed by atoms with Gasteiger partial charge < -0.3 is 4.74 Å². The molecular weight excluding hydrogens is 274 g/mol. The Morgan fingerprint density at radius 2 is 1.83 bits per heavy atom. The zero-order chi connectivity index (χ0) is 12.7. The first-order valence-corrected chi connectivity index (χ1v) is 6.17. The number of rotatable bonds is 1. The molecule has 0 spiro atoms. The SMILES string of the molecule is Fc1cc2c(c(-c3c(Cl)cccc3Cl)c1)O[CH]C2. The van der Waals surface area contributed by atoms with E-state index in [1.807, 2.05) is 0 Å². The molecule has 1 nitrogen and oxygen atoms in total. The van der Waals surface area contributed by atoms with Crippen molar-refractivity contribution in [3.05, 3.63) is 58.4 Å². The molecule has 1 radical (unpaired) electrons. The highest BCUT2D eigenvalue weighted by Gasteiger charge is 2.22. The van der Waals surface area contributed by atoms with Crippen molar-refractivity contribution < 1.29 is 9.13 Å². The number of hydrogen-bond donors (Lipinski definition) is 0. The summed E-state index contributed by atoms with van der Waals surface area (Å²) in [5, 5.41) is 0.955. The topological polar surface area (TPSA) is 9.23 Å². The molecule has 0 amide bonds. The maximum atomic E-state index is 13.6. The molecule has 0 aromatic heterocycles. The van der Waals surface area contributed by atoms with E-state index in [0.717, 1.165) is 5.56 Å². The Morgan fingerprint density at radius 1 is 1.11 bits per heavy atom. The van der Waals surface area contributed by atoms with Gasteiger partial charge in [-0.2, -0.15) is 0 Å².